The lowest BCUT2D eigenvalue weighted by atomic mass is 10.1. The smallest absolute Gasteiger partial charge is 0.221 e. The summed E-state index contributed by atoms with van der Waals surface area (Å²) < 4.78 is 0. The quantitative estimate of drug-likeness (QED) is 0.544. The standard InChI is InChI=1S/C20H23N5O/c1-15(26)24-18-7-4-8-19-17(18)9-10-20(25-19)23-13-5-11-21-14-16-6-2-3-12-22-16/h2-4,6-10,12,21H,5,11,13-14H2,1H3,(H,23,25)(H,24,26). The zero-order chi connectivity index (χ0) is 18.2. The Balaban J connectivity index is 1.48. The molecule has 2 aromatic heterocycles. The summed E-state index contributed by atoms with van der Waals surface area (Å²) in [6.07, 6.45) is 2.79. The highest BCUT2D eigenvalue weighted by molar-refractivity contribution is 6.00. The van der Waals surface area contributed by atoms with Crippen LogP contribution in [0.15, 0.2) is 54.7 Å². The van der Waals surface area contributed by atoms with Crippen molar-refractivity contribution in [1.82, 2.24) is 15.3 Å². The van der Waals surface area contributed by atoms with Crippen molar-refractivity contribution in [2.24, 2.45) is 0 Å². The van der Waals surface area contributed by atoms with Crippen molar-refractivity contribution in [3.8, 4) is 0 Å². The van der Waals surface area contributed by atoms with E-state index in [0.29, 0.717) is 0 Å². The molecule has 0 atom stereocenters. The molecule has 134 valence electrons. The minimum absolute atomic E-state index is 0.0853. The lowest BCUT2D eigenvalue weighted by molar-refractivity contribution is -0.114. The molecule has 0 radical (unpaired) electrons. The van der Waals surface area contributed by atoms with E-state index in [1.165, 1.54) is 6.92 Å². The van der Waals surface area contributed by atoms with Crippen molar-refractivity contribution in [3.05, 3.63) is 60.4 Å². The molecule has 0 saturated carbocycles. The fraction of sp³-hybridized carbons (Fsp3) is 0.250. The Morgan fingerprint density at radius 1 is 1.04 bits per heavy atom. The fourth-order valence-electron chi connectivity index (χ4n) is 2.70. The summed E-state index contributed by atoms with van der Waals surface area (Å²) in [4.78, 5) is 20.2. The number of amides is 1. The molecule has 3 N–H and O–H groups in total. The van der Waals surface area contributed by atoms with Gasteiger partial charge in [-0.15, -0.1) is 0 Å². The topological polar surface area (TPSA) is 78.9 Å². The van der Waals surface area contributed by atoms with Crippen molar-refractivity contribution in [3.63, 3.8) is 0 Å². The van der Waals surface area contributed by atoms with Gasteiger partial charge in [0.15, 0.2) is 0 Å². The lowest BCUT2D eigenvalue weighted by Gasteiger charge is -2.10. The summed E-state index contributed by atoms with van der Waals surface area (Å²) in [6.45, 7) is 4.02. The van der Waals surface area contributed by atoms with Gasteiger partial charge in [0, 0.05) is 31.6 Å². The number of hydrogen-bond donors (Lipinski definition) is 3. The number of fused-ring (bicyclic) bond motifs is 1. The zero-order valence-corrected chi connectivity index (χ0v) is 14.8. The first-order chi connectivity index (χ1) is 12.7. The maximum absolute atomic E-state index is 11.3. The van der Waals surface area contributed by atoms with Gasteiger partial charge in [0.25, 0.3) is 0 Å². The molecule has 0 aliphatic carbocycles. The van der Waals surface area contributed by atoms with Crippen LogP contribution in [0.2, 0.25) is 0 Å². The first-order valence-corrected chi connectivity index (χ1v) is 8.74. The van der Waals surface area contributed by atoms with Gasteiger partial charge in [-0.3, -0.25) is 9.78 Å². The number of aromatic nitrogens is 2. The molecule has 2 heterocycles. The molecule has 0 aliphatic rings. The Bertz CT molecular complexity index is 866. The first kappa shape index (κ1) is 17.8. The third-order valence-corrected chi connectivity index (χ3v) is 3.91. The van der Waals surface area contributed by atoms with Crippen molar-refractivity contribution < 1.29 is 4.79 Å². The molecule has 3 rings (SSSR count). The van der Waals surface area contributed by atoms with Crippen LogP contribution in [-0.2, 0) is 11.3 Å². The average Bonchev–Trinajstić information content (AvgIpc) is 2.65. The summed E-state index contributed by atoms with van der Waals surface area (Å²) in [5.41, 5.74) is 2.69. The minimum Gasteiger partial charge on any atom is -0.370 e. The number of pyridine rings is 2. The normalized spacial score (nSPS) is 10.7. The minimum atomic E-state index is -0.0853. The van der Waals surface area contributed by atoms with E-state index in [1.807, 2.05) is 48.5 Å². The molecule has 26 heavy (non-hydrogen) atoms. The zero-order valence-electron chi connectivity index (χ0n) is 14.8. The van der Waals surface area contributed by atoms with E-state index in [-0.39, 0.29) is 5.91 Å². The predicted molar refractivity (Wildman–Crippen MR) is 105 cm³/mol. The molecular weight excluding hydrogens is 326 g/mol. The van der Waals surface area contributed by atoms with Crippen LogP contribution in [0.1, 0.15) is 19.0 Å². The largest absolute Gasteiger partial charge is 0.370 e. The molecule has 1 aromatic carbocycles. The highest BCUT2D eigenvalue weighted by Gasteiger charge is 2.04. The Morgan fingerprint density at radius 3 is 2.77 bits per heavy atom. The van der Waals surface area contributed by atoms with E-state index in [9.17, 15) is 4.79 Å². The molecule has 0 bridgehead atoms. The summed E-state index contributed by atoms with van der Waals surface area (Å²) >= 11 is 0. The van der Waals surface area contributed by atoms with Crippen molar-refractivity contribution >= 4 is 28.3 Å². The van der Waals surface area contributed by atoms with Gasteiger partial charge < -0.3 is 16.0 Å². The monoisotopic (exact) mass is 349 g/mol. The lowest BCUT2D eigenvalue weighted by Crippen LogP contribution is -2.18. The summed E-state index contributed by atoms with van der Waals surface area (Å²) in [6, 6.07) is 15.6. The van der Waals surface area contributed by atoms with Crippen molar-refractivity contribution in [2.45, 2.75) is 19.9 Å². The van der Waals surface area contributed by atoms with Crippen LogP contribution in [-0.4, -0.2) is 29.0 Å². The van der Waals surface area contributed by atoms with Gasteiger partial charge in [0.1, 0.15) is 5.82 Å². The van der Waals surface area contributed by atoms with E-state index >= 15 is 0 Å². The summed E-state index contributed by atoms with van der Waals surface area (Å²) in [5.74, 6) is 0.750. The molecular formula is C20H23N5O. The number of anilines is 2. The van der Waals surface area contributed by atoms with Crippen LogP contribution in [0, 0.1) is 0 Å². The third-order valence-electron chi connectivity index (χ3n) is 3.91. The van der Waals surface area contributed by atoms with Gasteiger partial charge >= 0.3 is 0 Å². The second-order valence-corrected chi connectivity index (χ2v) is 6.03. The fourth-order valence-corrected chi connectivity index (χ4v) is 2.70. The molecule has 6 heteroatoms. The van der Waals surface area contributed by atoms with E-state index < -0.39 is 0 Å². The van der Waals surface area contributed by atoms with Crippen LogP contribution in [0.4, 0.5) is 11.5 Å². The van der Waals surface area contributed by atoms with Gasteiger partial charge in [0.2, 0.25) is 5.91 Å². The number of benzene rings is 1. The Kier molecular flexibility index (Phi) is 6.11. The molecule has 1 amide bonds. The predicted octanol–water partition coefficient (Wildman–Crippen LogP) is 3.18. The van der Waals surface area contributed by atoms with Crippen LogP contribution in [0.25, 0.3) is 10.9 Å². The van der Waals surface area contributed by atoms with Crippen LogP contribution < -0.4 is 16.0 Å². The molecule has 0 spiro atoms. The van der Waals surface area contributed by atoms with Gasteiger partial charge in [0.05, 0.1) is 16.9 Å². The maximum Gasteiger partial charge on any atom is 0.221 e. The molecule has 3 aromatic rings. The van der Waals surface area contributed by atoms with E-state index in [0.717, 1.165) is 54.2 Å². The van der Waals surface area contributed by atoms with E-state index in [2.05, 4.69) is 25.9 Å². The number of nitrogens with one attached hydrogen (secondary N) is 3. The highest BCUT2D eigenvalue weighted by Crippen LogP contribution is 2.23. The summed E-state index contributed by atoms with van der Waals surface area (Å²) in [7, 11) is 0. The molecule has 0 saturated heterocycles. The second kappa shape index (κ2) is 8.92. The SMILES string of the molecule is CC(=O)Nc1cccc2nc(NCCCNCc3ccccn3)ccc12. The Labute approximate surface area is 153 Å². The molecule has 0 aliphatic heterocycles. The Hall–Kier alpha value is -2.99. The highest BCUT2D eigenvalue weighted by atomic mass is 16.1. The van der Waals surface area contributed by atoms with Crippen LogP contribution in [0.3, 0.4) is 0 Å². The van der Waals surface area contributed by atoms with Crippen LogP contribution in [0.5, 0.6) is 0 Å². The van der Waals surface area contributed by atoms with Gasteiger partial charge in [-0.2, -0.15) is 0 Å². The van der Waals surface area contributed by atoms with Gasteiger partial charge in [-0.05, 0) is 49.4 Å². The first-order valence-electron chi connectivity index (χ1n) is 8.74. The van der Waals surface area contributed by atoms with Crippen LogP contribution >= 0.6 is 0 Å². The van der Waals surface area contributed by atoms with E-state index in [1.54, 1.807) is 6.20 Å². The molecule has 0 unspecified atom stereocenters. The number of carbonyl (C=O) groups excluding carboxylic acids is 1. The third kappa shape index (κ3) is 5.00. The van der Waals surface area contributed by atoms with Crippen molar-refractivity contribution in [1.29, 1.82) is 0 Å². The number of nitrogens with zero attached hydrogens (tertiary/aromatic N) is 2. The Morgan fingerprint density at radius 2 is 1.96 bits per heavy atom. The second-order valence-electron chi connectivity index (χ2n) is 6.03. The number of rotatable bonds is 8. The maximum atomic E-state index is 11.3. The van der Waals surface area contributed by atoms with E-state index in [4.69, 9.17) is 0 Å². The van der Waals surface area contributed by atoms with Gasteiger partial charge in [-0.25, -0.2) is 4.98 Å². The number of carbonyl (C=O) groups is 1. The average molecular weight is 349 g/mol. The molecule has 0 fully saturated rings. The van der Waals surface area contributed by atoms with Gasteiger partial charge in [-0.1, -0.05) is 12.1 Å². The van der Waals surface area contributed by atoms with Crippen molar-refractivity contribution in [2.75, 3.05) is 23.7 Å². The summed E-state index contributed by atoms with van der Waals surface area (Å²) in [5, 5.41) is 10.5. The molecule has 6 nitrogen and oxygen atoms in total. The number of hydrogen-bond acceptors (Lipinski definition) is 5.